The largest absolute Gasteiger partial charge is 0.385 e. The second-order valence-electron chi connectivity index (χ2n) is 5.46. The van der Waals surface area contributed by atoms with Crippen LogP contribution in [0.4, 0.5) is 5.69 Å². The van der Waals surface area contributed by atoms with Gasteiger partial charge in [0.15, 0.2) is 0 Å². The zero-order valence-electron chi connectivity index (χ0n) is 13.1. The molecule has 0 unspecified atom stereocenters. The van der Waals surface area contributed by atoms with Gasteiger partial charge in [-0.15, -0.1) is 0 Å². The molecule has 4 heteroatoms. The predicted molar refractivity (Wildman–Crippen MR) is 95.3 cm³/mol. The Bertz CT molecular complexity index is 692. The molecule has 118 valence electrons. The van der Waals surface area contributed by atoms with Gasteiger partial charge in [0.05, 0.1) is 11.9 Å². The van der Waals surface area contributed by atoms with Crippen molar-refractivity contribution in [1.82, 2.24) is 15.5 Å². The summed E-state index contributed by atoms with van der Waals surface area (Å²) in [4.78, 5) is 0. The van der Waals surface area contributed by atoms with E-state index in [1.807, 2.05) is 42.6 Å². The molecule has 0 aliphatic heterocycles. The summed E-state index contributed by atoms with van der Waals surface area (Å²) in [5.74, 6) is 0. The Morgan fingerprint density at radius 1 is 0.870 bits per heavy atom. The number of aromatic amines is 1. The number of anilines is 1. The Labute approximate surface area is 137 Å². The molecule has 0 bridgehead atoms. The number of nitrogens with one attached hydrogen (secondary N) is 3. The van der Waals surface area contributed by atoms with Gasteiger partial charge in [0.1, 0.15) is 0 Å². The lowest BCUT2D eigenvalue weighted by Gasteiger charge is -2.08. The van der Waals surface area contributed by atoms with Crippen molar-refractivity contribution in [3.63, 3.8) is 0 Å². The number of benzene rings is 2. The fraction of sp³-hybridized carbons (Fsp3) is 0.211. The highest BCUT2D eigenvalue weighted by molar-refractivity contribution is 5.62. The Morgan fingerprint density at radius 2 is 1.61 bits per heavy atom. The highest BCUT2D eigenvalue weighted by atomic mass is 15.1. The average molecular weight is 306 g/mol. The van der Waals surface area contributed by atoms with Crippen LogP contribution < -0.4 is 10.6 Å². The van der Waals surface area contributed by atoms with Gasteiger partial charge in [0.2, 0.25) is 0 Å². The van der Waals surface area contributed by atoms with Gasteiger partial charge in [-0.2, -0.15) is 5.10 Å². The SMILES string of the molecule is c1ccc(NCCCNCc2cn[nH]c2-c2ccccc2)cc1. The maximum atomic E-state index is 4.18. The third-order valence-electron chi connectivity index (χ3n) is 3.73. The van der Waals surface area contributed by atoms with Crippen LogP contribution in [0.5, 0.6) is 0 Å². The lowest BCUT2D eigenvalue weighted by molar-refractivity contribution is 0.664. The lowest BCUT2D eigenvalue weighted by atomic mass is 10.1. The summed E-state index contributed by atoms with van der Waals surface area (Å²) < 4.78 is 0. The van der Waals surface area contributed by atoms with Crippen LogP contribution in [-0.4, -0.2) is 23.3 Å². The normalized spacial score (nSPS) is 10.6. The van der Waals surface area contributed by atoms with E-state index in [1.165, 1.54) is 16.8 Å². The summed E-state index contributed by atoms with van der Waals surface area (Å²) in [5, 5.41) is 14.2. The Kier molecular flexibility index (Phi) is 5.43. The monoisotopic (exact) mass is 306 g/mol. The van der Waals surface area contributed by atoms with Crippen molar-refractivity contribution in [2.75, 3.05) is 18.4 Å². The van der Waals surface area contributed by atoms with E-state index in [4.69, 9.17) is 0 Å². The topological polar surface area (TPSA) is 52.7 Å². The molecule has 0 saturated heterocycles. The number of nitrogens with zero attached hydrogens (tertiary/aromatic N) is 1. The molecule has 0 amide bonds. The van der Waals surface area contributed by atoms with E-state index >= 15 is 0 Å². The van der Waals surface area contributed by atoms with Gasteiger partial charge in [-0.25, -0.2) is 0 Å². The smallest absolute Gasteiger partial charge is 0.0695 e. The molecule has 0 fully saturated rings. The molecule has 0 atom stereocenters. The molecule has 3 N–H and O–H groups in total. The number of para-hydroxylation sites is 1. The first kappa shape index (κ1) is 15.3. The zero-order chi connectivity index (χ0) is 15.7. The number of hydrogen-bond donors (Lipinski definition) is 3. The highest BCUT2D eigenvalue weighted by Gasteiger charge is 2.06. The molecule has 1 aromatic heterocycles. The van der Waals surface area contributed by atoms with E-state index < -0.39 is 0 Å². The van der Waals surface area contributed by atoms with Crippen molar-refractivity contribution in [2.45, 2.75) is 13.0 Å². The maximum absolute atomic E-state index is 4.18. The third-order valence-corrected chi connectivity index (χ3v) is 3.73. The van der Waals surface area contributed by atoms with Gasteiger partial charge in [0, 0.05) is 24.3 Å². The molecule has 0 aliphatic rings. The van der Waals surface area contributed by atoms with Crippen LogP contribution >= 0.6 is 0 Å². The predicted octanol–water partition coefficient (Wildman–Crippen LogP) is 3.67. The minimum Gasteiger partial charge on any atom is -0.385 e. The fourth-order valence-electron chi connectivity index (χ4n) is 2.53. The van der Waals surface area contributed by atoms with E-state index in [1.54, 1.807) is 0 Å². The molecule has 3 rings (SSSR count). The van der Waals surface area contributed by atoms with E-state index in [9.17, 15) is 0 Å². The van der Waals surface area contributed by atoms with Crippen LogP contribution in [-0.2, 0) is 6.54 Å². The standard InChI is InChI=1S/C19H22N4/c1-3-8-16(9-4-1)19-17(15-22-23-19)14-20-12-7-13-21-18-10-5-2-6-11-18/h1-6,8-11,15,20-21H,7,12-14H2,(H,22,23). The minimum atomic E-state index is 0.825. The number of hydrogen-bond acceptors (Lipinski definition) is 3. The van der Waals surface area contributed by atoms with Gasteiger partial charge in [-0.3, -0.25) is 5.10 Å². The molecule has 4 nitrogen and oxygen atoms in total. The number of aromatic nitrogens is 2. The van der Waals surface area contributed by atoms with Gasteiger partial charge < -0.3 is 10.6 Å². The lowest BCUT2D eigenvalue weighted by Crippen LogP contribution is -2.17. The summed E-state index contributed by atoms with van der Waals surface area (Å²) >= 11 is 0. The second-order valence-corrected chi connectivity index (χ2v) is 5.46. The van der Waals surface area contributed by atoms with E-state index in [2.05, 4.69) is 45.1 Å². The summed E-state index contributed by atoms with van der Waals surface area (Å²) in [6, 6.07) is 20.6. The second kappa shape index (κ2) is 8.15. The molecule has 3 aromatic rings. The van der Waals surface area contributed by atoms with Crippen LogP contribution in [0.1, 0.15) is 12.0 Å². The average Bonchev–Trinajstić information content (AvgIpc) is 3.08. The molecule has 0 saturated carbocycles. The molecule has 2 aromatic carbocycles. The minimum absolute atomic E-state index is 0.825. The molecular weight excluding hydrogens is 284 g/mol. The third kappa shape index (κ3) is 4.44. The van der Waals surface area contributed by atoms with Crippen LogP contribution in [0.3, 0.4) is 0 Å². The molecular formula is C19H22N4. The van der Waals surface area contributed by atoms with Crippen LogP contribution in [0, 0.1) is 0 Å². The number of H-pyrrole nitrogens is 1. The summed E-state index contributed by atoms with van der Waals surface area (Å²) in [7, 11) is 0. The van der Waals surface area contributed by atoms with Crippen molar-refractivity contribution in [2.24, 2.45) is 0 Å². The van der Waals surface area contributed by atoms with E-state index in [0.717, 1.165) is 31.7 Å². The van der Waals surface area contributed by atoms with Crippen molar-refractivity contribution >= 4 is 5.69 Å². The Hall–Kier alpha value is -2.59. The van der Waals surface area contributed by atoms with E-state index in [0.29, 0.717) is 0 Å². The molecule has 0 spiro atoms. The first-order chi connectivity index (χ1) is 11.4. The Morgan fingerprint density at radius 3 is 2.39 bits per heavy atom. The zero-order valence-corrected chi connectivity index (χ0v) is 13.1. The maximum Gasteiger partial charge on any atom is 0.0695 e. The van der Waals surface area contributed by atoms with Crippen LogP contribution in [0.25, 0.3) is 11.3 Å². The van der Waals surface area contributed by atoms with Crippen molar-refractivity contribution in [3.8, 4) is 11.3 Å². The molecule has 0 aliphatic carbocycles. The summed E-state index contributed by atoms with van der Waals surface area (Å²) in [6.45, 7) is 2.76. The van der Waals surface area contributed by atoms with Gasteiger partial charge >= 0.3 is 0 Å². The fourth-order valence-corrected chi connectivity index (χ4v) is 2.53. The van der Waals surface area contributed by atoms with Crippen LogP contribution in [0.15, 0.2) is 66.9 Å². The van der Waals surface area contributed by atoms with Crippen LogP contribution in [0.2, 0.25) is 0 Å². The van der Waals surface area contributed by atoms with Gasteiger partial charge in [-0.05, 0) is 30.7 Å². The van der Waals surface area contributed by atoms with Gasteiger partial charge in [0.25, 0.3) is 0 Å². The molecule has 23 heavy (non-hydrogen) atoms. The first-order valence-corrected chi connectivity index (χ1v) is 8.01. The first-order valence-electron chi connectivity index (χ1n) is 8.01. The van der Waals surface area contributed by atoms with Gasteiger partial charge in [-0.1, -0.05) is 48.5 Å². The Balaban J connectivity index is 1.41. The summed E-state index contributed by atoms with van der Waals surface area (Å²) in [6.07, 6.45) is 2.98. The van der Waals surface area contributed by atoms with Crippen molar-refractivity contribution in [3.05, 3.63) is 72.4 Å². The molecule has 1 heterocycles. The highest BCUT2D eigenvalue weighted by Crippen LogP contribution is 2.20. The van der Waals surface area contributed by atoms with Crippen molar-refractivity contribution < 1.29 is 0 Å². The van der Waals surface area contributed by atoms with Crippen molar-refractivity contribution in [1.29, 1.82) is 0 Å². The molecule has 0 radical (unpaired) electrons. The van der Waals surface area contributed by atoms with E-state index in [-0.39, 0.29) is 0 Å². The summed E-state index contributed by atoms with van der Waals surface area (Å²) in [5.41, 5.74) is 4.65. The quantitative estimate of drug-likeness (QED) is 0.557. The number of rotatable bonds is 8.